The average molecular weight is 201 g/mol. The Kier molecular flexibility index (Phi) is 1.54. The Balaban J connectivity index is 2.51. The average Bonchev–Trinajstić information content (AvgIpc) is 2.53. The Hall–Kier alpha value is -1.97. The summed E-state index contributed by atoms with van der Waals surface area (Å²) < 4.78 is 12.9. The molecule has 3 rings (SSSR count). The monoisotopic (exact) mass is 201 g/mol. The lowest BCUT2D eigenvalue weighted by Gasteiger charge is -1.91. The Morgan fingerprint density at radius 2 is 2.20 bits per heavy atom. The number of aromatic nitrogens is 3. The first-order chi connectivity index (χ1) is 7.24. The van der Waals surface area contributed by atoms with Crippen LogP contribution in [0.5, 0.6) is 0 Å². The number of halogens is 1. The van der Waals surface area contributed by atoms with Gasteiger partial charge in [0.1, 0.15) is 5.65 Å². The van der Waals surface area contributed by atoms with E-state index in [0.717, 1.165) is 22.0 Å². The standard InChI is InChI=1S/C11H8FN3/c1-6-4-8-10(13-5-6)7-2-3-9(12)15-11(7)14-8/h2-5H,1H3,(H,14,15). The number of nitrogens with one attached hydrogen (secondary N) is 1. The summed E-state index contributed by atoms with van der Waals surface area (Å²) in [6.07, 6.45) is 1.79. The molecule has 15 heavy (non-hydrogen) atoms. The molecule has 0 fully saturated rings. The van der Waals surface area contributed by atoms with E-state index in [2.05, 4.69) is 15.0 Å². The highest BCUT2D eigenvalue weighted by molar-refractivity contribution is 6.03. The zero-order chi connectivity index (χ0) is 10.4. The van der Waals surface area contributed by atoms with E-state index in [1.54, 1.807) is 12.3 Å². The Labute approximate surface area is 85.0 Å². The Morgan fingerprint density at radius 3 is 3.07 bits per heavy atom. The zero-order valence-corrected chi connectivity index (χ0v) is 8.08. The molecular weight excluding hydrogens is 193 g/mol. The van der Waals surface area contributed by atoms with Crippen LogP contribution >= 0.6 is 0 Å². The second-order valence-corrected chi connectivity index (χ2v) is 3.56. The van der Waals surface area contributed by atoms with Gasteiger partial charge in [-0.05, 0) is 30.7 Å². The molecule has 3 nitrogen and oxygen atoms in total. The second kappa shape index (κ2) is 2.76. The molecule has 0 aromatic carbocycles. The lowest BCUT2D eigenvalue weighted by Crippen LogP contribution is -1.81. The summed E-state index contributed by atoms with van der Waals surface area (Å²) in [4.78, 5) is 11.1. The number of hydrogen-bond acceptors (Lipinski definition) is 2. The van der Waals surface area contributed by atoms with Gasteiger partial charge >= 0.3 is 0 Å². The van der Waals surface area contributed by atoms with Crippen molar-refractivity contribution in [3.63, 3.8) is 0 Å². The van der Waals surface area contributed by atoms with Gasteiger partial charge in [-0.1, -0.05) is 0 Å². The van der Waals surface area contributed by atoms with E-state index in [9.17, 15) is 4.39 Å². The van der Waals surface area contributed by atoms with Gasteiger partial charge in [0.15, 0.2) is 0 Å². The van der Waals surface area contributed by atoms with Crippen LogP contribution in [0.4, 0.5) is 4.39 Å². The molecule has 0 bridgehead atoms. The highest BCUT2D eigenvalue weighted by Gasteiger charge is 2.06. The molecule has 0 saturated carbocycles. The molecule has 3 aromatic heterocycles. The summed E-state index contributed by atoms with van der Waals surface area (Å²) in [6, 6.07) is 5.01. The van der Waals surface area contributed by atoms with Crippen LogP contribution in [-0.2, 0) is 0 Å². The quantitative estimate of drug-likeness (QED) is 0.568. The van der Waals surface area contributed by atoms with Gasteiger partial charge in [0.05, 0.1) is 11.0 Å². The van der Waals surface area contributed by atoms with Gasteiger partial charge in [0.2, 0.25) is 5.95 Å². The van der Waals surface area contributed by atoms with E-state index < -0.39 is 5.95 Å². The predicted octanol–water partition coefficient (Wildman–Crippen LogP) is 2.56. The first kappa shape index (κ1) is 8.35. The third-order valence-electron chi connectivity index (χ3n) is 2.39. The van der Waals surface area contributed by atoms with Crippen LogP contribution in [0.25, 0.3) is 22.1 Å². The molecule has 0 amide bonds. The van der Waals surface area contributed by atoms with Crippen molar-refractivity contribution in [3.8, 4) is 0 Å². The van der Waals surface area contributed by atoms with Crippen molar-refractivity contribution in [2.24, 2.45) is 0 Å². The second-order valence-electron chi connectivity index (χ2n) is 3.56. The summed E-state index contributed by atoms with van der Waals surface area (Å²) in [6.45, 7) is 1.96. The number of aromatic amines is 1. The number of pyridine rings is 2. The smallest absolute Gasteiger partial charge is 0.214 e. The zero-order valence-electron chi connectivity index (χ0n) is 8.08. The molecule has 0 aliphatic rings. The maximum absolute atomic E-state index is 12.9. The van der Waals surface area contributed by atoms with Crippen LogP contribution < -0.4 is 0 Å². The van der Waals surface area contributed by atoms with Crippen molar-refractivity contribution < 1.29 is 4.39 Å². The molecule has 1 N–H and O–H groups in total. The SMILES string of the molecule is Cc1cnc2c(c1)[nH]c1nc(F)ccc12. The van der Waals surface area contributed by atoms with Crippen molar-refractivity contribution in [2.75, 3.05) is 0 Å². The summed E-state index contributed by atoms with van der Waals surface area (Å²) in [5.41, 5.74) is 3.34. The van der Waals surface area contributed by atoms with E-state index in [1.165, 1.54) is 6.07 Å². The molecule has 0 aliphatic heterocycles. The van der Waals surface area contributed by atoms with Gasteiger partial charge in [-0.3, -0.25) is 4.98 Å². The highest BCUT2D eigenvalue weighted by atomic mass is 19.1. The number of nitrogens with zero attached hydrogens (tertiary/aromatic N) is 2. The third kappa shape index (κ3) is 1.18. The van der Waals surface area contributed by atoms with E-state index in [4.69, 9.17) is 0 Å². The van der Waals surface area contributed by atoms with Gasteiger partial charge in [0.25, 0.3) is 0 Å². The first-order valence-corrected chi connectivity index (χ1v) is 4.64. The molecule has 0 spiro atoms. The van der Waals surface area contributed by atoms with Crippen LogP contribution in [0.2, 0.25) is 0 Å². The number of H-pyrrole nitrogens is 1. The maximum Gasteiger partial charge on any atom is 0.214 e. The molecule has 74 valence electrons. The summed E-state index contributed by atoms with van der Waals surface area (Å²) in [5, 5.41) is 0.853. The molecule has 0 radical (unpaired) electrons. The van der Waals surface area contributed by atoms with Crippen molar-refractivity contribution in [3.05, 3.63) is 35.9 Å². The minimum atomic E-state index is -0.481. The van der Waals surface area contributed by atoms with Crippen LogP contribution in [0.3, 0.4) is 0 Å². The Morgan fingerprint density at radius 1 is 1.33 bits per heavy atom. The van der Waals surface area contributed by atoms with E-state index in [0.29, 0.717) is 5.65 Å². The van der Waals surface area contributed by atoms with Crippen LogP contribution in [0, 0.1) is 12.9 Å². The van der Waals surface area contributed by atoms with Crippen molar-refractivity contribution >= 4 is 22.1 Å². The van der Waals surface area contributed by atoms with E-state index >= 15 is 0 Å². The lowest BCUT2D eigenvalue weighted by molar-refractivity contribution is 0.588. The van der Waals surface area contributed by atoms with Gasteiger partial charge in [-0.15, -0.1) is 0 Å². The summed E-state index contributed by atoms with van der Waals surface area (Å²) in [7, 11) is 0. The van der Waals surface area contributed by atoms with E-state index in [-0.39, 0.29) is 0 Å². The van der Waals surface area contributed by atoms with Gasteiger partial charge in [-0.25, -0.2) is 4.98 Å². The number of fused-ring (bicyclic) bond motifs is 3. The van der Waals surface area contributed by atoms with Crippen LogP contribution in [-0.4, -0.2) is 15.0 Å². The highest BCUT2D eigenvalue weighted by Crippen LogP contribution is 2.22. The van der Waals surface area contributed by atoms with Crippen molar-refractivity contribution in [1.82, 2.24) is 15.0 Å². The molecule has 4 heteroatoms. The summed E-state index contributed by atoms with van der Waals surface area (Å²) in [5.74, 6) is -0.481. The number of hydrogen-bond donors (Lipinski definition) is 1. The van der Waals surface area contributed by atoms with Crippen molar-refractivity contribution in [1.29, 1.82) is 0 Å². The van der Waals surface area contributed by atoms with Gasteiger partial charge in [-0.2, -0.15) is 4.39 Å². The maximum atomic E-state index is 12.9. The molecule has 0 atom stereocenters. The Bertz CT molecular complexity index is 601. The number of rotatable bonds is 0. The van der Waals surface area contributed by atoms with Crippen LogP contribution in [0.15, 0.2) is 24.4 Å². The van der Waals surface area contributed by atoms with Crippen molar-refractivity contribution in [2.45, 2.75) is 6.92 Å². The fourth-order valence-corrected chi connectivity index (χ4v) is 1.73. The molecule has 0 unspecified atom stereocenters. The topological polar surface area (TPSA) is 41.6 Å². The fraction of sp³-hybridized carbons (Fsp3) is 0.0909. The lowest BCUT2D eigenvalue weighted by atomic mass is 10.2. The van der Waals surface area contributed by atoms with E-state index in [1.807, 2.05) is 13.0 Å². The largest absolute Gasteiger partial charge is 0.338 e. The predicted molar refractivity (Wildman–Crippen MR) is 56.1 cm³/mol. The van der Waals surface area contributed by atoms with Gasteiger partial charge < -0.3 is 4.98 Å². The molecule has 0 saturated heterocycles. The first-order valence-electron chi connectivity index (χ1n) is 4.64. The third-order valence-corrected chi connectivity index (χ3v) is 2.39. The molecule has 0 aliphatic carbocycles. The minimum absolute atomic E-state index is 0.481. The summed E-state index contributed by atoms with van der Waals surface area (Å²) >= 11 is 0. The normalized spacial score (nSPS) is 11.3. The molecular formula is C11H8FN3. The number of aryl methyl sites for hydroxylation is 1. The molecule has 3 aromatic rings. The van der Waals surface area contributed by atoms with Gasteiger partial charge in [0, 0.05) is 11.6 Å². The minimum Gasteiger partial charge on any atom is -0.338 e. The van der Waals surface area contributed by atoms with Crippen LogP contribution in [0.1, 0.15) is 5.56 Å². The molecule has 3 heterocycles. The fourth-order valence-electron chi connectivity index (χ4n) is 1.73.